The van der Waals surface area contributed by atoms with Crippen molar-refractivity contribution >= 4 is 46.1 Å². The molecule has 0 aliphatic carbocycles. The molecule has 26 heavy (non-hydrogen) atoms. The van der Waals surface area contributed by atoms with Gasteiger partial charge in [-0.25, -0.2) is 4.98 Å². The van der Waals surface area contributed by atoms with Crippen molar-refractivity contribution < 1.29 is 14.3 Å². The van der Waals surface area contributed by atoms with E-state index in [1.54, 1.807) is 22.8 Å². The molecule has 2 aromatic carbocycles. The highest BCUT2D eigenvalue weighted by molar-refractivity contribution is 6.31. The predicted molar refractivity (Wildman–Crippen MR) is 98.7 cm³/mol. The number of halogens is 1. The van der Waals surface area contributed by atoms with Crippen LogP contribution in [-0.4, -0.2) is 28.5 Å². The van der Waals surface area contributed by atoms with Crippen LogP contribution in [0.2, 0.25) is 5.02 Å². The molecular formula is C18H15ClN4O3. The van der Waals surface area contributed by atoms with Gasteiger partial charge in [0.05, 0.1) is 30.3 Å². The number of rotatable bonds is 3. The molecule has 2 heterocycles. The molecule has 3 aromatic rings. The van der Waals surface area contributed by atoms with E-state index in [0.717, 1.165) is 5.52 Å². The minimum atomic E-state index is -0.727. The Labute approximate surface area is 153 Å². The standard InChI is InChI=1S/C18H15ClN4O3/c1-26-15-7-6-10(19)8-12(15)20-17(25)14-9-16(24)22-18-21-11-4-2-3-5-13(11)23(14)18/h2-8,14H,9H2,1H3,(H,20,25)(H,21,22,24)/t14-/m1/s1. The number of hydrogen-bond donors (Lipinski definition) is 2. The molecule has 2 amide bonds. The number of carbonyl (C=O) groups is 2. The molecular weight excluding hydrogens is 356 g/mol. The molecule has 0 unspecified atom stereocenters. The van der Waals surface area contributed by atoms with Crippen LogP contribution in [0.5, 0.6) is 5.75 Å². The lowest BCUT2D eigenvalue weighted by Gasteiger charge is -2.25. The van der Waals surface area contributed by atoms with Crippen molar-refractivity contribution in [1.82, 2.24) is 9.55 Å². The normalized spacial score (nSPS) is 16.1. The van der Waals surface area contributed by atoms with Crippen LogP contribution >= 0.6 is 11.6 Å². The minimum Gasteiger partial charge on any atom is -0.495 e. The fourth-order valence-corrected chi connectivity index (χ4v) is 3.27. The van der Waals surface area contributed by atoms with Crippen LogP contribution in [0.25, 0.3) is 11.0 Å². The topological polar surface area (TPSA) is 85.2 Å². The highest BCUT2D eigenvalue weighted by Gasteiger charge is 2.33. The maximum atomic E-state index is 13.0. The third-order valence-corrected chi connectivity index (χ3v) is 4.49. The number of anilines is 2. The Morgan fingerprint density at radius 2 is 2.15 bits per heavy atom. The summed E-state index contributed by atoms with van der Waals surface area (Å²) in [7, 11) is 1.51. The molecule has 0 fully saturated rings. The second-order valence-electron chi connectivity index (χ2n) is 5.90. The molecule has 0 radical (unpaired) electrons. The first-order valence-corrected chi connectivity index (χ1v) is 8.36. The number of amides is 2. The van der Waals surface area contributed by atoms with E-state index in [1.807, 2.05) is 24.3 Å². The van der Waals surface area contributed by atoms with Crippen LogP contribution in [0.3, 0.4) is 0 Å². The molecule has 8 heteroatoms. The Kier molecular flexibility index (Phi) is 4.00. The van der Waals surface area contributed by atoms with Gasteiger partial charge in [0.1, 0.15) is 11.8 Å². The molecule has 132 valence electrons. The van der Waals surface area contributed by atoms with E-state index >= 15 is 0 Å². The Morgan fingerprint density at radius 3 is 2.96 bits per heavy atom. The summed E-state index contributed by atoms with van der Waals surface area (Å²) in [6, 6.07) is 11.6. The lowest BCUT2D eigenvalue weighted by molar-refractivity contribution is -0.124. The first-order valence-electron chi connectivity index (χ1n) is 7.98. The van der Waals surface area contributed by atoms with E-state index in [4.69, 9.17) is 16.3 Å². The number of ether oxygens (including phenoxy) is 1. The number of methoxy groups -OCH3 is 1. The second kappa shape index (κ2) is 6.34. The summed E-state index contributed by atoms with van der Waals surface area (Å²) in [5.41, 5.74) is 1.94. The largest absolute Gasteiger partial charge is 0.495 e. The number of fused-ring (bicyclic) bond motifs is 3. The third kappa shape index (κ3) is 2.76. The van der Waals surface area contributed by atoms with Crippen molar-refractivity contribution in [2.24, 2.45) is 0 Å². The van der Waals surface area contributed by atoms with E-state index in [0.29, 0.717) is 27.9 Å². The zero-order valence-corrected chi connectivity index (χ0v) is 14.6. The highest BCUT2D eigenvalue weighted by atomic mass is 35.5. The van der Waals surface area contributed by atoms with Crippen LogP contribution < -0.4 is 15.4 Å². The average molecular weight is 371 g/mol. The highest BCUT2D eigenvalue weighted by Crippen LogP contribution is 2.33. The van der Waals surface area contributed by atoms with E-state index in [9.17, 15) is 9.59 Å². The van der Waals surface area contributed by atoms with Gasteiger partial charge in [0.2, 0.25) is 17.8 Å². The van der Waals surface area contributed by atoms with E-state index in [-0.39, 0.29) is 18.2 Å². The van der Waals surface area contributed by atoms with Gasteiger partial charge in [0, 0.05) is 5.02 Å². The maximum absolute atomic E-state index is 13.0. The summed E-state index contributed by atoms with van der Waals surface area (Å²) < 4.78 is 7.00. The summed E-state index contributed by atoms with van der Waals surface area (Å²) >= 11 is 6.02. The molecule has 4 rings (SSSR count). The Morgan fingerprint density at radius 1 is 1.35 bits per heavy atom. The van der Waals surface area contributed by atoms with E-state index in [2.05, 4.69) is 15.6 Å². The molecule has 1 atom stereocenters. The first kappa shape index (κ1) is 16.4. The zero-order chi connectivity index (χ0) is 18.3. The molecule has 0 saturated heterocycles. The number of hydrogen-bond acceptors (Lipinski definition) is 4. The fraction of sp³-hybridized carbons (Fsp3) is 0.167. The van der Waals surface area contributed by atoms with Crippen molar-refractivity contribution in [2.75, 3.05) is 17.7 Å². The Balaban J connectivity index is 1.74. The second-order valence-corrected chi connectivity index (χ2v) is 6.33. The van der Waals surface area contributed by atoms with Crippen molar-refractivity contribution in [3.8, 4) is 5.75 Å². The smallest absolute Gasteiger partial charge is 0.248 e. The lowest BCUT2D eigenvalue weighted by Crippen LogP contribution is -2.35. The third-order valence-electron chi connectivity index (χ3n) is 4.26. The molecule has 0 bridgehead atoms. The number of nitrogens with one attached hydrogen (secondary N) is 2. The molecule has 1 aliphatic heterocycles. The zero-order valence-electron chi connectivity index (χ0n) is 13.8. The van der Waals surface area contributed by atoms with Crippen LogP contribution in [-0.2, 0) is 9.59 Å². The summed E-state index contributed by atoms with van der Waals surface area (Å²) in [5.74, 6) is 0.246. The predicted octanol–water partition coefficient (Wildman–Crippen LogP) is 3.22. The molecule has 0 spiro atoms. The van der Waals surface area contributed by atoms with Gasteiger partial charge in [-0.1, -0.05) is 23.7 Å². The molecule has 1 aromatic heterocycles. The maximum Gasteiger partial charge on any atom is 0.248 e. The van der Waals surface area contributed by atoms with Gasteiger partial charge in [-0.05, 0) is 30.3 Å². The van der Waals surface area contributed by atoms with Gasteiger partial charge in [-0.15, -0.1) is 0 Å². The van der Waals surface area contributed by atoms with Gasteiger partial charge in [0.25, 0.3) is 0 Å². The van der Waals surface area contributed by atoms with Gasteiger partial charge < -0.3 is 10.1 Å². The van der Waals surface area contributed by atoms with Crippen LogP contribution in [0, 0.1) is 0 Å². The van der Waals surface area contributed by atoms with Crippen LogP contribution in [0.15, 0.2) is 42.5 Å². The average Bonchev–Trinajstić information content (AvgIpc) is 2.99. The molecule has 2 N–H and O–H groups in total. The van der Waals surface area contributed by atoms with Crippen LogP contribution in [0.1, 0.15) is 12.5 Å². The van der Waals surface area contributed by atoms with Crippen LogP contribution in [0.4, 0.5) is 11.6 Å². The van der Waals surface area contributed by atoms with Crippen molar-refractivity contribution in [3.05, 3.63) is 47.5 Å². The number of para-hydroxylation sites is 2. The van der Waals surface area contributed by atoms with Crippen molar-refractivity contribution in [1.29, 1.82) is 0 Å². The summed E-state index contributed by atoms with van der Waals surface area (Å²) in [6.45, 7) is 0. The Bertz CT molecular complexity index is 1030. The monoisotopic (exact) mass is 370 g/mol. The van der Waals surface area contributed by atoms with Gasteiger partial charge >= 0.3 is 0 Å². The van der Waals surface area contributed by atoms with E-state index in [1.165, 1.54) is 7.11 Å². The molecule has 0 saturated carbocycles. The number of imidazole rings is 1. The van der Waals surface area contributed by atoms with Crippen molar-refractivity contribution in [3.63, 3.8) is 0 Å². The fourth-order valence-electron chi connectivity index (χ4n) is 3.09. The quantitative estimate of drug-likeness (QED) is 0.741. The lowest BCUT2D eigenvalue weighted by atomic mass is 10.1. The molecule has 7 nitrogen and oxygen atoms in total. The first-order chi connectivity index (χ1) is 12.6. The van der Waals surface area contributed by atoms with Gasteiger partial charge in [-0.3, -0.25) is 19.5 Å². The summed E-state index contributed by atoms with van der Waals surface area (Å²) in [5, 5.41) is 6.00. The van der Waals surface area contributed by atoms with Gasteiger partial charge in [0.15, 0.2) is 0 Å². The SMILES string of the molecule is COc1ccc(Cl)cc1NC(=O)[C@H]1CC(=O)Nc2nc3ccccc3n21. The summed E-state index contributed by atoms with van der Waals surface area (Å²) in [6.07, 6.45) is 0.0159. The number of aromatic nitrogens is 2. The van der Waals surface area contributed by atoms with Gasteiger partial charge in [-0.2, -0.15) is 0 Å². The van der Waals surface area contributed by atoms with Crippen molar-refractivity contribution in [2.45, 2.75) is 12.5 Å². The molecule has 1 aliphatic rings. The number of benzene rings is 2. The number of carbonyl (C=O) groups excluding carboxylic acids is 2. The minimum absolute atomic E-state index is 0.0159. The van der Waals surface area contributed by atoms with E-state index < -0.39 is 6.04 Å². The summed E-state index contributed by atoms with van der Waals surface area (Å²) in [4.78, 5) is 29.4. The Hall–Kier alpha value is -3.06. The number of nitrogens with zero attached hydrogens (tertiary/aromatic N) is 2.